The van der Waals surface area contributed by atoms with Crippen LogP contribution in [-0.2, 0) is 32.7 Å². The quantitative estimate of drug-likeness (QED) is 0.313. The SMILES string of the molecule is CN(C)[C-]=C[N+](=O)[O-].C[N-]C.[Y]. The maximum Gasteiger partial charge on any atom is 0.0764 e. The summed E-state index contributed by atoms with van der Waals surface area (Å²) < 4.78 is 0. The van der Waals surface area contributed by atoms with Crippen LogP contribution in [0.2, 0.25) is 0 Å². The van der Waals surface area contributed by atoms with Crippen molar-refractivity contribution < 1.29 is 37.6 Å². The molecule has 0 bridgehead atoms. The van der Waals surface area contributed by atoms with Crippen molar-refractivity contribution in [2.75, 3.05) is 28.2 Å². The summed E-state index contributed by atoms with van der Waals surface area (Å²) in [7, 11) is 6.83. The summed E-state index contributed by atoms with van der Waals surface area (Å²) in [5, 5.41) is 13.1. The Morgan fingerprint density at radius 1 is 1.50 bits per heavy atom. The average molecular weight is 248 g/mol. The van der Waals surface area contributed by atoms with Crippen molar-refractivity contribution in [3.8, 4) is 0 Å². The first-order valence-electron chi connectivity index (χ1n) is 2.92. The molecule has 1 radical (unpaired) electrons. The van der Waals surface area contributed by atoms with Crippen LogP contribution in [0.4, 0.5) is 0 Å². The molecule has 0 atom stereocenters. The van der Waals surface area contributed by atoms with Gasteiger partial charge >= 0.3 is 0 Å². The molecule has 0 saturated heterocycles. The molecule has 0 amide bonds. The van der Waals surface area contributed by atoms with Gasteiger partial charge in [-0.15, -0.1) is 0 Å². The van der Waals surface area contributed by atoms with Crippen LogP contribution in [0, 0.1) is 16.3 Å². The topological polar surface area (TPSA) is 60.5 Å². The third-order valence-electron chi connectivity index (χ3n) is 0.421. The third-order valence-corrected chi connectivity index (χ3v) is 0.421. The van der Waals surface area contributed by atoms with Crippen LogP contribution in [0.15, 0.2) is 6.20 Å². The zero-order chi connectivity index (χ0) is 9.28. The first-order chi connectivity index (χ1) is 5.04. The molecule has 69 valence electrons. The van der Waals surface area contributed by atoms with Gasteiger partial charge in [-0.25, -0.2) is 0 Å². The largest absolute Gasteiger partial charge is 0.668 e. The second-order valence-electron chi connectivity index (χ2n) is 1.89. The van der Waals surface area contributed by atoms with E-state index in [4.69, 9.17) is 0 Å². The van der Waals surface area contributed by atoms with E-state index in [1.165, 1.54) is 4.90 Å². The molecule has 0 aliphatic carbocycles. The van der Waals surface area contributed by atoms with Gasteiger partial charge in [0, 0.05) is 37.6 Å². The summed E-state index contributed by atoms with van der Waals surface area (Å²) in [5.41, 5.74) is 0. The first kappa shape index (κ1) is 17.9. The van der Waals surface area contributed by atoms with Crippen LogP contribution in [0.5, 0.6) is 0 Å². The second kappa shape index (κ2) is 13.6. The number of hydrogen-bond acceptors (Lipinski definition) is 3. The monoisotopic (exact) mass is 248 g/mol. The van der Waals surface area contributed by atoms with Crippen molar-refractivity contribution in [3.05, 3.63) is 27.8 Å². The van der Waals surface area contributed by atoms with Gasteiger partial charge < -0.3 is 16.4 Å². The van der Waals surface area contributed by atoms with E-state index in [1.807, 2.05) is 0 Å². The molecular weight excluding hydrogens is 235 g/mol. The van der Waals surface area contributed by atoms with Crippen LogP contribution in [0.1, 0.15) is 0 Å². The Balaban J connectivity index is -0.000000177. The van der Waals surface area contributed by atoms with Crippen molar-refractivity contribution >= 4 is 0 Å². The van der Waals surface area contributed by atoms with E-state index in [9.17, 15) is 10.1 Å². The zero-order valence-corrected chi connectivity index (χ0v) is 10.7. The maximum absolute atomic E-state index is 9.56. The molecule has 12 heavy (non-hydrogen) atoms. The summed E-state index contributed by atoms with van der Waals surface area (Å²) >= 11 is 0. The fraction of sp³-hybridized carbons (Fsp3) is 0.667. The van der Waals surface area contributed by atoms with Crippen molar-refractivity contribution in [2.24, 2.45) is 0 Å². The Morgan fingerprint density at radius 3 is 1.92 bits per heavy atom. The van der Waals surface area contributed by atoms with Gasteiger partial charge in [-0.2, -0.15) is 14.1 Å². The van der Waals surface area contributed by atoms with E-state index in [0.29, 0.717) is 0 Å². The Morgan fingerprint density at radius 2 is 1.83 bits per heavy atom. The molecule has 0 aromatic heterocycles. The summed E-state index contributed by atoms with van der Waals surface area (Å²) in [4.78, 5) is 10.5. The minimum Gasteiger partial charge on any atom is -0.668 e. The Kier molecular flexibility index (Phi) is 20.3. The minimum atomic E-state index is -0.556. The standard InChI is InChI=1S/C4H7N2O2.C2H6N.Y/c1-5(2)3-4-6(7)8;1-3-2;/h4H,1-2H3;1-2H3;/q2*-1;. The molecule has 0 unspecified atom stereocenters. The molecular formula is C6H13N3O2Y-2. The minimum absolute atomic E-state index is 0. The van der Waals surface area contributed by atoms with Gasteiger partial charge in [0.2, 0.25) is 0 Å². The van der Waals surface area contributed by atoms with Gasteiger partial charge in [-0.3, -0.25) is 10.1 Å². The van der Waals surface area contributed by atoms with E-state index in [-0.39, 0.29) is 32.7 Å². The van der Waals surface area contributed by atoms with E-state index >= 15 is 0 Å². The van der Waals surface area contributed by atoms with Crippen molar-refractivity contribution in [3.63, 3.8) is 0 Å². The Bertz CT molecular complexity index is 128. The summed E-state index contributed by atoms with van der Waals surface area (Å²) in [6.07, 6.45) is 3.12. The van der Waals surface area contributed by atoms with Crippen LogP contribution in [0.25, 0.3) is 5.32 Å². The molecule has 0 N–H and O–H groups in total. The molecule has 0 heterocycles. The van der Waals surface area contributed by atoms with Gasteiger partial charge in [0.05, 0.1) is 6.20 Å². The summed E-state index contributed by atoms with van der Waals surface area (Å²) in [6.45, 7) is 0. The second-order valence-corrected chi connectivity index (χ2v) is 1.89. The smallest absolute Gasteiger partial charge is 0.0764 e. The van der Waals surface area contributed by atoms with Crippen LogP contribution < -0.4 is 0 Å². The maximum atomic E-state index is 9.56. The predicted molar refractivity (Wildman–Crippen MR) is 43.7 cm³/mol. The molecule has 0 rings (SSSR count). The molecule has 0 aliphatic rings. The van der Waals surface area contributed by atoms with Crippen LogP contribution >= 0.6 is 0 Å². The summed E-state index contributed by atoms with van der Waals surface area (Å²) in [6, 6.07) is 0. The molecule has 6 heteroatoms. The van der Waals surface area contributed by atoms with Gasteiger partial charge in [0.15, 0.2) is 0 Å². The van der Waals surface area contributed by atoms with Crippen molar-refractivity contribution in [1.29, 1.82) is 0 Å². The Labute approximate surface area is 98.2 Å². The predicted octanol–water partition coefficient (Wildman–Crippen LogP) is 0.716. The van der Waals surface area contributed by atoms with E-state index in [1.54, 1.807) is 28.2 Å². The molecule has 0 saturated carbocycles. The molecule has 0 fully saturated rings. The fourth-order valence-corrected chi connectivity index (χ4v) is 0.163. The van der Waals surface area contributed by atoms with E-state index in [0.717, 1.165) is 6.20 Å². The first-order valence-corrected chi connectivity index (χ1v) is 2.92. The van der Waals surface area contributed by atoms with E-state index < -0.39 is 4.92 Å². The van der Waals surface area contributed by atoms with Crippen LogP contribution in [-0.4, -0.2) is 38.0 Å². The van der Waals surface area contributed by atoms with E-state index in [2.05, 4.69) is 11.5 Å². The molecule has 0 aromatic carbocycles. The van der Waals surface area contributed by atoms with Crippen LogP contribution in [0.3, 0.4) is 0 Å². The molecule has 5 nitrogen and oxygen atoms in total. The fourth-order valence-electron chi connectivity index (χ4n) is 0.163. The van der Waals surface area contributed by atoms with Gasteiger partial charge in [0.1, 0.15) is 0 Å². The normalized spacial score (nSPS) is 8.00. The van der Waals surface area contributed by atoms with Crippen molar-refractivity contribution in [1.82, 2.24) is 4.90 Å². The average Bonchev–Trinajstić information content (AvgIpc) is 1.85. The van der Waals surface area contributed by atoms with Crippen molar-refractivity contribution in [2.45, 2.75) is 0 Å². The Hall–Kier alpha value is 0.00390. The number of hydrogen-bond donors (Lipinski definition) is 0. The molecule has 0 aliphatic heterocycles. The number of nitro groups is 1. The number of nitrogens with zero attached hydrogens (tertiary/aromatic N) is 3. The molecule has 0 spiro atoms. The zero-order valence-electron chi connectivity index (χ0n) is 7.81. The number of rotatable bonds is 2. The van der Waals surface area contributed by atoms with Gasteiger partial charge in [-0.05, 0) is 14.1 Å². The van der Waals surface area contributed by atoms with Gasteiger partial charge in [0.25, 0.3) is 0 Å². The molecule has 0 aromatic rings. The third kappa shape index (κ3) is 32.4. The summed E-state index contributed by atoms with van der Waals surface area (Å²) in [5.74, 6) is 0. The van der Waals surface area contributed by atoms with Gasteiger partial charge in [-0.1, -0.05) is 0 Å².